The van der Waals surface area contributed by atoms with Crippen LogP contribution in [0.1, 0.15) is 16.7 Å². The molecule has 0 aliphatic rings. The quantitative estimate of drug-likeness (QED) is 0.839. The molecule has 1 aromatic heterocycles. The molecule has 0 spiro atoms. The normalized spacial score (nSPS) is 10.8. The van der Waals surface area contributed by atoms with E-state index in [2.05, 4.69) is 18.0 Å². The highest BCUT2D eigenvalue weighted by Crippen LogP contribution is 2.10. The summed E-state index contributed by atoms with van der Waals surface area (Å²) in [4.78, 5) is 2.65. The van der Waals surface area contributed by atoms with Gasteiger partial charge in [-0.15, -0.1) is 0 Å². The summed E-state index contributed by atoms with van der Waals surface area (Å²) in [5.74, 6) is 0. The van der Waals surface area contributed by atoms with Crippen molar-refractivity contribution in [1.29, 1.82) is 0 Å². The second kappa shape index (κ2) is 5.80. The summed E-state index contributed by atoms with van der Waals surface area (Å²) in [6.07, 6.45) is 3.46. The summed E-state index contributed by atoms with van der Waals surface area (Å²) >= 11 is 4.98. The van der Waals surface area contributed by atoms with Crippen molar-refractivity contribution in [2.45, 2.75) is 13.1 Å². The van der Waals surface area contributed by atoms with Crippen molar-refractivity contribution in [1.82, 2.24) is 4.90 Å². The molecule has 0 atom stereocenters. The summed E-state index contributed by atoms with van der Waals surface area (Å²) in [7, 11) is 2.07. The number of nitrogens with zero attached hydrogens (tertiary/aromatic N) is 1. The van der Waals surface area contributed by atoms with Crippen molar-refractivity contribution < 1.29 is 4.42 Å². The maximum absolute atomic E-state index is 5.63. The standard InChI is InChI=1S/C14H16N2OS/c1-16(9-12-5-6-17-10-12)8-11-3-2-4-13(7-11)14(15)18/h2-7,10H,8-9H2,1H3,(H2,15,18). The molecule has 0 aliphatic heterocycles. The second-order valence-corrected chi connectivity index (χ2v) is 4.81. The predicted molar refractivity (Wildman–Crippen MR) is 76.2 cm³/mol. The number of furan rings is 1. The van der Waals surface area contributed by atoms with Gasteiger partial charge in [-0.2, -0.15) is 0 Å². The zero-order valence-electron chi connectivity index (χ0n) is 10.3. The molecule has 18 heavy (non-hydrogen) atoms. The molecule has 1 aromatic carbocycles. The van der Waals surface area contributed by atoms with Crippen LogP contribution in [-0.2, 0) is 13.1 Å². The van der Waals surface area contributed by atoms with Crippen LogP contribution < -0.4 is 5.73 Å². The fourth-order valence-corrected chi connectivity index (χ4v) is 2.01. The molecule has 1 heterocycles. The summed E-state index contributed by atoms with van der Waals surface area (Å²) in [5, 5.41) is 0. The van der Waals surface area contributed by atoms with E-state index in [-0.39, 0.29) is 0 Å². The first-order valence-corrected chi connectivity index (χ1v) is 6.14. The predicted octanol–water partition coefficient (Wildman–Crippen LogP) is 2.55. The van der Waals surface area contributed by atoms with E-state index in [0.717, 1.165) is 18.7 Å². The van der Waals surface area contributed by atoms with Gasteiger partial charge in [0.05, 0.1) is 12.5 Å². The second-order valence-electron chi connectivity index (χ2n) is 4.37. The molecular formula is C14H16N2OS. The first kappa shape index (κ1) is 12.8. The molecule has 0 amide bonds. The molecule has 4 heteroatoms. The highest BCUT2D eigenvalue weighted by atomic mass is 32.1. The molecule has 0 bridgehead atoms. The Morgan fingerprint density at radius 3 is 2.72 bits per heavy atom. The molecule has 0 saturated carbocycles. The van der Waals surface area contributed by atoms with Crippen LogP contribution in [0.25, 0.3) is 0 Å². The third kappa shape index (κ3) is 3.42. The SMILES string of the molecule is CN(Cc1ccoc1)Cc1cccc(C(N)=S)c1. The molecule has 0 aliphatic carbocycles. The van der Waals surface area contributed by atoms with E-state index >= 15 is 0 Å². The fraction of sp³-hybridized carbons (Fsp3) is 0.214. The van der Waals surface area contributed by atoms with Gasteiger partial charge >= 0.3 is 0 Å². The van der Waals surface area contributed by atoms with Crippen LogP contribution in [0.5, 0.6) is 0 Å². The molecule has 0 unspecified atom stereocenters. The lowest BCUT2D eigenvalue weighted by Crippen LogP contribution is -2.17. The van der Waals surface area contributed by atoms with E-state index < -0.39 is 0 Å². The Kier molecular flexibility index (Phi) is 4.12. The lowest BCUT2D eigenvalue weighted by atomic mass is 10.1. The highest BCUT2D eigenvalue weighted by molar-refractivity contribution is 7.80. The van der Waals surface area contributed by atoms with Crippen LogP contribution in [0.2, 0.25) is 0 Å². The third-order valence-electron chi connectivity index (χ3n) is 2.70. The molecule has 2 N–H and O–H groups in total. The van der Waals surface area contributed by atoms with Gasteiger partial charge in [0.15, 0.2) is 0 Å². The number of rotatable bonds is 5. The maximum Gasteiger partial charge on any atom is 0.103 e. The van der Waals surface area contributed by atoms with Gasteiger partial charge < -0.3 is 10.2 Å². The molecular weight excluding hydrogens is 244 g/mol. The van der Waals surface area contributed by atoms with E-state index in [1.807, 2.05) is 24.3 Å². The number of thiocarbonyl (C=S) groups is 1. The zero-order valence-corrected chi connectivity index (χ0v) is 11.1. The lowest BCUT2D eigenvalue weighted by Gasteiger charge is -2.16. The van der Waals surface area contributed by atoms with Gasteiger partial charge in [-0.3, -0.25) is 4.90 Å². The van der Waals surface area contributed by atoms with Crippen LogP contribution in [0.4, 0.5) is 0 Å². The van der Waals surface area contributed by atoms with Gasteiger partial charge in [0.2, 0.25) is 0 Å². The first-order valence-electron chi connectivity index (χ1n) is 5.73. The van der Waals surface area contributed by atoms with Crippen molar-refractivity contribution in [3.63, 3.8) is 0 Å². The summed E-state index contributed by atoms with van der Waals surface area (Å²) in [6.45, 7) is 1.70. The Morgan fingerprint density at radius 1 is 1.28 bits per heavy atom. The van der Waals surface area contributed by atoms with E-state index in [0.29, 0.717) is 4.99 Å². The Labute approximate surface area is 112 Å². The minimum absolute atomic E-state index is 0.439. The molecule has 2 rings (SSSR count). The van der Waals surface area contributed by atoms with Gasteiger partial charge in [-0.25, -0.2) is 0 Å². The monoisotopic (exact) mass is 260 g/mol. The van der Waals surface area contributed by atoms with Gasteiger partial charge in [0.1, 0.15) is 4.99 Å². The van der Waals surface area contributed by atoms with Crippen LogP contribution in [0.15, 0.2) is 47.3 Å². The third-order valence-corrected chi connectivity index (χ3v) is 2.93. The van der Waals surface area contributed by atoms with E-state index in [4.69, 9.17) is 22.4 Å². The molecule has 2 aromatic rings. The Morgan fingerprint density at radius 2 is 2.06 bits per heavy atom. The highest BCUT2D eigenvalue weighted by Gasteiger charge is 2.04. The summed E-state index contributed by atoms with van der Waals surface area (Å²) in [5.41, 5.74) is 8.91. The summed E-state index contributed by atoms with van der Waals surface area (Å²) < 4.78 is 5.06. The average molecular weight is 260 g/mol. The van der Waals surface area contributed by atoms with Gasteiger partial charge in [-0.05, 0) is 24.7 Å². The first-order chi connectivity index (χ1) is 8.65. The number of hydrogen-bond donors (Lipinski definition) is 1. The van der Waals surface area contributed by atoms with Crippen molar-refractivity contribution in [2.75, 3.05) is 7.05 Å². The van der Waals surface area contributed by atoms with E-state index in [1.165, 1.54) is 11.1 Å². The molecule has 3 nitrogen and oxygen atoms in total. The summed E-state index contributed by atoms with van der Waals surface area (Å²) in [6, 6.07) is 10.0. The Bertz CT molecular complexity index is 522. The van der Waals surface area contributed by atoms with Crippen molar-refractivity contribution in [3.05, 3.63) is 59.5 Å². The van der Waals surface area contributed by atoms with Crippen LogP contribution >= 0.6 is 12.2 Å². The van der Waals surface area contributed by atoms with Gasteiger partial charge in [0, 0.05) is 24.2 Å². The molecule has 0 radical (unpaired) electrons. The van der Waals surface area contributed by atoms with Crippen LogP contribution in [0, 0.1) is 0 Å². The minimum atomic E-state index is 0.439. The number of nitrogens with two attached hydrogens (primary N) is 1. The van der Waals surface area contributed by atoms with Gasteiger partial charge in [0.25, 0.3) is 0 Å². The van der Waals surface area contributed by atoms with Crippen molar-refractivity contribution >= 4 is 17.2 Å². The van der Waals surface area contributed by atoms with E-state index in [9.17, 15) is 0 Å². The average Bonchev–Trinajstić information content (AvgIpc) is 2.82. The van der Waals surface area contributed by atoms with Gasteiger partial charge in [-0.1, -0.05) is 30.4 Å². The smallest absolute Gasteiger partial charge is 0.103 e. The van der Waals surface area contributed by atoms with Crippen molar-refractivity contribution in [2.24, 2.45) is 5.73 Å². The number of hydrogen-bond acceptors (Lipinski definition) is 3. The van der Waals surface area contributed by atoms with Crippen molar-refractivity contribution in [3.8, 4) is 0 Å². The topological polar surface area (TPSA) is 42.4 Å². The molecule has 0 saturated heterocycles. The van der Waals surface area contributed by atoms with E-state index in [1.54, 1.807) is 12.5 Å². The molecule has 94 valence electrons. The lowest BCUT2D eigenvalue weighted by molar-refractivity contribution is 0.318. The zero-order chi connectivity index (χ0) is 13.0. The number of benzene rings is 1. The molecule has 0 fully saturated rings. The Balaban J connectivity index is 2.00. The van der Waals surface area contributed by atoms with Crippen LogP contribution in [0.3, 0.4) is 0 Å². The maximum atomic E-state index is 5.63. The van der Waals surface area contributed by atoms with Crippen LogP contribution in [-0.4, -0.2) is 16.9 Å². The fourth-order valence-electron chi connectivity index (χ4n) is 1.88. The Hall–Kier alpha value is -1.65. The largest absolute Gasteiger partial charge is 0.472 e. The minimum Gasteiger partial charge on any atom is -0.472 e.